The summed E-state index contributed by atoms with van der Waals surface area (Å²) in [6.07, 6.45) is 5.50. The van der Waals surface area contributed by atoms with Crippen molar-refractivity contribution in [2.75, 3.05) is 6.61 Å². The van der Waals surface area contributed by atoms with Crippen LogP contribution in [0.4, 0.5) is 0 Å². The first-order valence-corrected chi connectivity index (χ1v) is 5.56. The Labute approximate surface area is 86.8 Å². The number of unbranched alkanes of at least 4 members (excludes halogenated alkanes) is 1. The van der Waals surface area contributed by atoms with Crippen molar-refractivity contribution in [2.45, 2.75) is 39.0 Å². The molecule has 78 valence electrons. The fraction of sp³-hybridized carbons (Fsp3) is 0.538. The minimum absolute atomic E-state index is 0.315. The zero-order valence-electron chi connectivity index (χ0n) is 9.00. The molecule has 1 aromatic rings. The van der Waals surface area contributed by atoms with Gasteiger partial charge in [0.1, 0.15) is 0 Å². The predicted molar refractivity (Wildman–Crippen MR) is 60.5 cm³/mol. The molecule has 0 saturated carbocycles. The van der Waals surface area contributed by atoms with Gasteiger partial charge in [-0.1, -0.05) is 37.6 Å². The van der Waals surface area contributed by atoms with E-state index in [4.69, 9.17) is 5.11 Å². The summed E-state index contributed by atoms with van der Waals surface area (Å²) in [5.41, 5.74) is 2.94. The highest BCUT2D eigenvalue weighted by molar-refractivity contribution is 5.27. The Hall–Kier alpha value is -0.820. The van der Waals surface area contributed by atoms with Gasteiger partial charge in [0.2, 0.25) is 0 Å². The summed E-state index contributed by atoms with van der Waals surface area (Å²) in [6, 6.07) is 8.65. The van der Waals surface area contributed by atoms with Gasteiger partial charge in [0.05, 0.1) is 0 Å². The van der Waals surface area contributed by atoms with Crippen LogP contribution in [0.1, 0.15) is 37.3 Å². The van der Waals surface area contributed by atoms with E-state index in [9.17, 15) is 0 Å². The Morgan fingerprint density at radius 3 is 2.21 bits per heavy atom. The van der Waals surface area contributed by atoms with Gasteiger partial charge in [0.25, 0.3) is 0 Å². The smallest absolute Gasteiger partial charge is 0.0431 e. The topological polar surface area (TPSA) is 20.2 Å². The van der Waals surface area contributed by atoms with Crippen LogP contribution in [-0.4, -0.2) is 11.7 Å². The molecule has 0 aliphatic rings. The fourth-order valence-electron chi connectivity index (χ4n) is 1.74. The van der Waals surface area contributed by atoms with Crippen LogP contribution in [0.15, 0.2) is 24.3 Å². The van der Waals surface area contributed by atoms with Crippen molar-refractivity contribution in [3.63, 3.8) is 0 Å². The van der Waals surface area contributed by atoms with Crippen molar-refractivity contribution in [1.29, 1.82) is 0 Å². The van der Waals surface area contributed by atoms with Crippen molar-refractivity contribution >= 4 is 0 Å². The maximum absolute atomic E-state index is 8.72. The number of benzene rings is 1. The fourth-order valence-corrected chi connectivity index (χ4v) is 1.74. The number of rotatable bonds is 6. The predicted octanol–water partition coefficient (Wildman–Crippen LogP) is 2.95. The lowest BCUT2D eigenvalue weighted by Gasteiger charge is -2.07. The summed E-state index contributed by atoms with van der Waals surface area (Å²) in [5.74, 6) is 0. The van der Waals surface area contributed by atoms with Crippen LogP contribution >= 0.6 is 0 Å². The molecule has 0 aromatic heterocycles. The van der Waals surface area contributed by atoms with Crippen molar-refractivity contribution in [3.8, 4) is 0 Å². The van der Waals surface area contributed by atoms with Gasteiger partial charge in [-0.05, 0) is 36.8 Å². The van der Waals surface area contributed by atoms with Gasteiger partial charge in [-0.2, -0.15) is 0 Å². The second-order valence-electron chi connectivity index (χ2n) is 3.70. The molecular formula is C13H20O. The molecule has 0 fully saturated rings. The number of aliphatic hydroxyl groups excluding tert-OH is 1. The maximum Gasteiger partial charge on any atom is 0.0431 e. The molecule has 0 amide bonds. The first-order valence-electron chi connectivity index (χ1n) is 5.56. The molecule has 1 N–H and O–H groups in total. The highest BCUT2D eigenvalue weighted by Crippen LogP contribution is 2.13. The van der Waals surface area contributed by atoms with E-state index in [1.54, 1.807) is 0 Å². The van der Waals surface area contributed by atoms with Crippen molar-refractivity contribution in [3.05, 3.63) is 35.4 Å². The van der Waals surface area contributed by atoms with Crippen molar-refractivity contribution in [2.24, 2.45) is 0 Å². The van der Waals surface area contributed by atoms with E-state index in [2.05, 4.69) is 31.2 Å². The van der Waals surface area contributed by atoms with Gasteiger partial charge in [-0.25, -0.2) is 0 Å². The van der Waals surface area contributed by atoms with Gasteiger partial charge < -0.3 is 5.11 Å². The lowest BCUT2D eigenvalue weighted by molar-refractivity contribution is 0.284. The average Bonchev–Trinajstić information content (AvgIpc) is 2.21. The molecule has 1 rings (SSSR count). The highest BCUT2D eigenvalue weighted by Gasteiger charge is 1.99. The van der Waals surface area contributed by atoms with E-state index in [-0.39, 0.29) is 0 Å². The van der Waals surface area contributed by atoms with Crippen LogP contribution in [0.25, 0.3) is 0 Å². The standard InChI is InChI=1S/C13H20O/c1-2-7-12-8-3-4-9-13(12)10-5-6-11-14/h3-4,8-9,14H,2,5-7,10-11H2,1H3. The van der Waals surface area contributed by atoms with E-state index in [1.165, 1.54) is 24.0 Å². The normalized spacial score (nSPS) is 10.4. The molecule has 0 saturated heterocycles. The molecule has 1 nitrogen and oxygen atoms in total. The number of aryl methyl sites for hydroxylation is 2. The number of aliphatic hydroxyl groups is 1. The number of hydrogen-bond donors (Lipinski definition) is 1. The summed E-state index contributed by atoms with van der Waals surface area (Å²) in [5, 5.41) is 8.72. The second kappa shape index (κ2) is 6.61. The van der Waals surface area contributed by atoms with E-state index in [0.717, 1.165) is 19.3 Å². The molecule has 0 atom stereocenters. The molecule has 0 aliphatic heterocycles. The Balaban J connectivity index is 2.55. The quantitative estimate of drug-likeness (QED) is 0.687. The molecule has 1 heteroatoms. The first-order chi connectivity index (χ1) is 6.88. The molecule has 14 heavy (non-hydrogen) atoms. The first kappa shape index (κ1) is 11.3. The highest BCUT2D eigenvalue weighted by atomic mass is 16.2. The zero-order valence-corrected chi connectivity index (χ0v) is 9.00. The summed E-state index contributed by atoms with van der Waals surface area (Å²) >= 11 is 0. The van der Waals surface area contributed by atoms with E-state index >= 15 is 0 Å². The van der Waals surface area contributed by atoms with Crippen LogP contribution in [-0.2, 0) is 12.8 Å². The molecule has 0 radical (unpaired) electrons. The van der Waals surface area contributed by atoms with E-state index < -0.39 is 0 Å². The molecule has 0 heterocycles. The van der Waals surface area contributed by atoms with Gasteiger partial charge in [0, 0.05) is 6.61 Å². The lowest BCUT2D eigenvalue weighted by Crippen LogP contribution is -1.95. The summed E-state index contributed by atoms with van der Waals surface area (Å²) < 4.78 is 0. The SMILES string of the molecule is CCCc1ccccc1CCCCO. The largest absolute Gasteiger partial charge is 0.396 e. The van der Waals surface area contributed by atoms with Crippen molar-refractivity contribution in [1.82, 2.24) is 0 Å². The zero-order chi connectivity index (χ0) is 10.2. The minimum Gasteiger partial charge on any atom is -0.396 e. The molecular weight excluding hydrogens is 172 g/mol. The van der Waals surface area contributed by atoms with E-state index in [1.807, 2.05) is 0 Å². The maximum atomic E-state index is 8.72. The third-order valence-corrected chi connectivity index (χ3v) is 2.49. The van der Waals surface area contributed by atoms with Gasteiger partial charge >= 0.3 is 0 Å². The summed E-state index contributed by atoms with van der Waals surface area (Å²) in [4.78, 5) is 0. The van der Waals surface area contributed by atoms with Gasteiger partial charge in [0.15, 0.2) is 0 Å². The Bertz CT molecular complexity index is 255. The van der Waals surface area contributed by atoms with Crippen LogP contribution in [0, 0.1) is 0 Å². The Kier molecular flexibility index (Phi) is 5.31. The Morgan fingerprint density at radius 1 is 1.00 bits per heavy atom. The molecule has 0 unspecified atom stereocenters. The van der Waals surface area contributed by atoms with E-state index in [0.29, 0.717) is 6.61 Å². The lowest BCUT2D eigenvalue weighted by atomic mass is 9.99. The van der Waals surface area contributed by atoms with Crippen molar-refractivity contribution < 1.29 is 5.11 Å². The van der Waals surface area contributed by atoms with Crippen LogP contribution < -0.4 is 0 Å². The molecule has 0 spiro atoms. The van der Waals surface area contributed by atoms with Crippen LogP contribution in [0.5, 0.6) is 0 Å². The van der Waals surface area contributed by atoms with Crippen LogP contribution in [0.3, 0.4) is 0 Å². The molecule has 1 aromatic carbocycles. The average molecular weight is 192 g/mol. The number of hydrogen-bond acceptors (Lipinski definition) is 1. The van der Waals surface area contributed by atoms with Gasteiger partial charge in [-0.15, -0.1) is 0 Å². The summed E-state index contributed by atoms with van der Waals surface area (Å²) in [7, 11) is 0. The molecule has 0 aliphatic carbocycles. The molecule has 0 bridgehead atoms. The van der Waals surface area contributed by atoms with Gasteiger partial charge in [-0.3, -0.25) is 0 Å². The Morgan fingerprint density at radius 2 is 1.64 bits per heavy atom. The third-order valence-electron chi connectivity index (χ3n) is 2.49. The summed E-state index contributed by atoms with van der Waals surface area (Å²) in [6.45, 7) is 2.53. The third kappa shape index (κ3) is 3.51. The second-order valence-corrected chi connectivity index (χ2v) is 3.70. The monoisotopic (exact) mass is 192 g/mol. The van der Waals surface area contributed by atoms with Crippen LogP contribution in [0.2, 0.25) is 0 Å². The minimum atomic E-state index is 0.315.